The third kappa shape index (κ3) is 7.71. The predicted octanol–water partition coefficient (Wildman–Crippen LogP) is 6.93. The summed E-state index contributed by atoms with van der Waals surface area (Å²) in [4.78, 5) is 39.9. The Bertz CT molecular complexity index is 1100. The van der Waals surface area contributed by atoms with E-state index >= 15 is 0 Å². The highest BCUT2D eigenvalue weighted by molar-refractivity contribution is 6.04. The van der Waals surface area contributed by atoms with Crippen LogP contribution in [0.1, 0.15) is 77.1 Å². The molecule has 1 N–H and O–H groups in total. The highest BCUT2D eigenvalue weighted by atomic mass is 16.6. The fourth-order valence-corrected chi connectivity index (χ4v) is 4.42. The van der Waals surface area contributed by atoms with Gasteiger partial charge in [-0.2, -0.15) is 0 Å². The van der Waals surface area contributed by atoms with Crippen molar-refractivity contribution in [2.24, 2.45) is 5.92 Å². The topological polar surface area (TPSA) is 94.2 Å². The fraction of sp³-hybridized carbons (Fsp3) is 0.483. The summed E-state index contributed by atoms with van der Waals surface area (Å²) in [6, 6.07) is 11.7. The molecule has 2 aromatic rings. The van der Waals surface area contributed by atoms with Gasteiger partial charge in [0, 0.05) is 17.6 Å². The summed E-state index contributed by atoms with van der Waals surface area (Å²) in [5.41, 5.74) is 0.742. The number of benzene rings is 2. The average molecular weight is 511 g/mol. The minimum Gasteiger partial charge on any atom is -0.465 e. The van der Waals surface area contributed by atoms with Gasteiger partial charge in [0.25, 0.3) is 0 Å². The van der Waals surface area contributed by atoms with Gasteiger partial charge in [-0.05, 0) is 89.9 Å². The van der Waals surface area contributed by atoms with Gasteiger partial charge >= 0.3 is 12.1 Å². The lowest BCUT2D eigenvalue weighted by molar-refractivity contribution is -0.123. The third-order valence-corrected chi connectivity index (χ3v) is 6.08. The smallest absolute Gasteiger partial charge is 0.412 e. The van der Waals surface area contributed by atoms with Crippen molar-refractivity contribution in [1.82, 2.24) is 0 Å². The number of nitrogens with one attached hydrogen (secondary N) is 1. The molecule has 200 valence electrons. The molecule has 8 heteroatoms. The summed E-state index contributed by atoms with van der Waals surface area (Å²) in [5.74, 6) is 0.398. The zero-order valence-electron chi connectivity index (χ0n) is 22.6. The second kappa shape index (κ2) is 12.1. The summed E-state index contributed by atoms with van der Waals surface area (Å²) in [6.45, 7) is 9.27. The van der Waals surface area contributed by atoms with Crippen LogP contribution in [0.3, 0.4) is 0 Å². The van der Waals surface area contributed by atoms with Crippen LogP contribution in [0.15, 0.2) is 42.5 Å². The van der Waals surface area contributed by atoms with Crippen molar-refractivity contribution < 1.29 is 28.6 Å². The predicted molar refractivity (Wildman–Crippen MR) is 143 cm³/mol. The van der Waals surface area contributed by atoms with Crippen LogP contribution in [-0.4, -0.2) is 36.7 Å². The zero-order valence-corrected chi connectivity index (χ0v) is 22.6. The van der Waals surface area contributed by atoms with E-state index in [0.29, 0.717) is 22.9 Å². The monoisotopic (exact) mass is 510 g/mol. The molecule has 8 nitrogen and oxygen atoms in total. The van der Waals surface area contributed by atoms with Gasteiger partial charge in [-0.25, -0.2) is 9.59 Å². The van der Waals surface area contributed by atoms with Crippen molar-refractivity contribution in [3.05, 3.63) is 48.0 Å². The number of anilines is 2. The van der Waals surface area contributed by atoms with Crippen LogP contribution in [0.25, 0.3) is 0 Å². The summed E-state index contributed by atoms with van der Waals surface area (Å²) >= 11 is 0. The number of esters is 1. The van der Waals surface area contributed by atoms with E-state index in [1.54, 1.807) is 68.1 Å². The van der Waals surface area contributed by atoms with E-state index in [2.05, 4.69) is 5.32 Å². The molecule has 0 unspecified atom stereocenters. The number of methoxy groups -OCH3 is 1. The number of nitrogens with zero attached hydrogens (tertiary/aromatic N) is 1. The van der Waals surface area contributed by atoms with E-state index in [9.17, 15) is 14.4 Å². The van der Waals surface area contributed by atoms with Crippen molar-refractivity contribution in [2.75, 3.05) is 17.3 Å². The van der Waals surface area contributed by atoms with Crippen LogP contribution in [-0.2, 0) is 14.3 Å². The molecule has 1 fully saturated rings. The van der Waals surface area contributed by atoms with Gasteiger partial charge in [-0.1, -0.05) is 19.3 Å². The Balaban J connectivity index is 1.81. The first kappa shape index (κ1) is 28.0. The molecule has 0 spiro atoms. The Hall–Kier alpha value is -3.55. The summed E-state index contributed by atoms with van der Waals surface area (Å²) in [7, 11) is 1.32. The van der Waals surface area contributed by atoms with Crippen LogP contribution in [0.5, 0.6) is 11.5 Å². The molecule has 1 saturated carbocycles. The highest BCUT2D eigenvalue weighted by Crippen LogP contribution is 2.34. The van der Waals surface area contributed by atoms with Crippen molar-refractivity contribution in [1.29, 1.82) is 0 Å². The first-order valence-corrected chi connectivity index (χ1v) is 12.8. The number of carbonyl (C=O) groups is 3. The molecule has 0 aromatic heterocycles. The largest absolute Gasteiger partial charge is 0.465 e. The lowest BCUT2D eigenvalue weighted by Crippen LogP contribution is -2.42. The highest BCUT2D eigenvalue weighted by Gasteiger charge is 2.31. The van der Waals surface area contributed by atoms with E-state index in [1.165, 1.54) is 7.11 Å². The van der Waals surface area contributed by atoms with E-state index in [4.69, 9.17) is 14.2 Å². The molecule has 0 heterocycles. The van der Waals surface area contributed by atoms with Gasteiger partial charge < -0.3 is 19.1 Å². The molecule has 3 rings (SSSR count). The lowest BCUT2D eigenvalue weighted by atomic mass is 9.87. The first-order chi connectivity index (χ1) is 17.5. The van der Waals surface area contributed by atoms with Crippen molar-refractivity contribution >= 4 is 29.3 Å². The molecule has 0 atom stereocenters. The maximum Gasteiger partial charge on any atom is 0.412 e. The zero-order chi connectivity index (χ0) is 27.2. The Kier molecular flexibility index (Phi) is 9.18. The summed E-state index contributed by atoms with van der Waals surface area (Å²) in [6.07, 6.45) is 4.45. The number of ether oxygens (including phenoxy) is 3. The Morgan fingerprint density at radius 2 is 1.57 bits per heavy atom. The second-order valence-corrected chi connectivity index (χ2v) is 10.6. The summed E-state index contributed by atoms with van der Waals surface area (Å²) in [5, 5.41) is 2.67. The molecule has 1 aliphatic rings. The molecule has 1 aliphatic carbocycles. The van der Waals surface area contributed by atoms with Crippen LogP contribution < -0.4 is 15.0 Å². The van der Waals surface area contributed by atoms with E-state index in [0.717, 1.165) is 32.1 Å². The Labute approximate surface area is 219 Å². The standard InChI is InChI=1S/C29H38N2O6/c1-19(2)31(26(32)20-10-8-7-9-11-20)25-17-16-23(18-24(25)27(33)35-6)36-22-14-12-21(13-15-22)30-28(34)37-29(3,4)5/h12-20H,7-11H2,1-6H3,(H,30,34). The van der Waals surface area contributed by atoms with Gasteiger partial charge in [0.05, 0.1) is 18.4 Å². The van der Waals surface area contributed by atoms with Crippen molar-refractivity contribution in [2.45, 2.75) is 78.4 Å². The Morgan fingerprint density at radius 3 is 2.14 bits per heavy atom. The van der Waals surface area contributed by atoms with Gasteiger partial charge in [0.2, 0.25) is 5.91 Å². The fourth-order valence-electron chi connectivity index (χ4n) is 4.42. The van der Waals surface area contributed by atoms with Crippen LogP contribution in [0, 0.1) is 5.92 Å². The number of amides is 2. The maximum absolute atomic E-state index is 13.5. The third-order valence-electron chi connectivity index (χ3n) is 6.08. The molecule has 0 bridgehead atoms. The maximum atomic E-state index is 13.5. The van der Waals surface area contributed by atoms with E-state index in [-0.39, 0.29) is 23.4 Å². The van der Waals surface area contributed by atoms with Crippen LogP contribution in [0.2, 0.25) is 0 Å². The number of carbonyl (C=O) groups excluding carboxylic acids is 3. The molecule has 2 amide bonds. The number of rotatable bonds is 7. The molecule has 0 radical (unpaired) electrons. The van der Waals surface area contributed by atoms with Crippen molar-refractivity contribution in [3.8, 4) is 11.5 Å². The SMILES string of the molecule is COC(=O)c1cc(Oc2ccc(NC(=O)OC(C)(C)C)cc2)ccc1N(C(=O)C1CCCCC1)C(C)C. The normalized spacial score (nSPS) is 14.1. The van der Waals surface area contributed by atoms with E-state index < -0.39 is 17.7 Å². The molecule has 37 heavy (non-hydrogen) atoms. The van der Waals surface area contributed by atoms with Gasteiger partial charge in [0.15, 0.2) is 0 Å². The number of hydrogen-bond acceptors (Lipinski definition) is 6. The van der Waals surface area contributed by atoms with Gasteiger partial charge in [-0.15, -0.1) is 0 Å². The van der Waals surface area contributed by atoms with E-state index in [1.807, 2.05) is 13.8 Å². The lowest BCUT2D eigenvalue weighted by Gasteiger charge is -2.33. The molecule has 0 saturated heterocycles. The van der Waals surface area contributed by atoms with Crippen molar-refractivity contribution in [3.63, 3.8) is 0 Å². The minimum absolute atomic E-state index is 0.0367. The summed E-state index contributed by atoms with van der Waals surface area (Å²) < 4.78 is 16.3. The molecule has 0 aliphatic heterocycles. The van der Waals surface area contributed by atoms with Crippen LogP contribution >= 0.6 is 0 Å². The molecule has 2 aromatic carbocycles. The van der Waals surface area contributed by atoms with Crippen LogP contribution in [0.4, 0.5) is 16.2 Å². The van der Waals surface area contributed by atoms with Gasteiger partial charge in [0.1, 0.15) is 17.1 Å². The quantitative estimate of drug-likeness (QED) is 0.406. The number of hydrogen-bond donors (Lipinski definition) is 1. The minimum atomic E-state index is -0.594. The molecular formula is C29H38N2O6. The second-order valence-electron chi connectivity index (χ2n) is 10.6. The Morgan fingerprint density at radius 1 is 0.946 bits per heavy atom. The first-order valence-electron chi connectivity index (χ1n) is 12.8. The average Bonchev–Trinajstić information content (AvgIpc) is 2.84. The molecular weight excluding hydrogens is 472 g/mol. The van der Waals surface area contributed by atoms with Gasteiger partial charge in [-0.3, -0.25) is 10.1 Å².